The Morgan fingerprint density at radius 1 is 1.29 bits per heavy atom. The second-order valence-corrected chi connectivity index (χ2v) is 5.66. The number of carbonyl (C=O) groups excluding carboxylic acids is 1. The van der Waals surface area contributed by atoms with Crippen molar-refractivity contribution < 1.29 is 35.2 Å². The van der Waals surface area contributed by atoms with Crippen LogP contribution in [0.3, 0.4) is 0 Å². The van der Waals surface area contributed by atoms with Crippen LogP contribution in [-0.4, -0.2) is 60.9 Å². The first-order valence-corrected chi connectivity index (χ1v) is 7.92. The van der Waals surface area contributed by atoms with Crippen LogP contribution < -0.4 is 20.1 Å². The van der Waals surface area contributed by atoms with Gasteiger partial charge in [-0.15, -0.1) is 0 Å². The van der Waals surface area contributed by atoms with Crippen molar-refractivity contribution in [1.82, 2.24) is 14.9 Å². The first kappa shape index (κ1) is 8.68. The lowest BCUT2D eigenvalue weighted by atomic mass is 10.2. The van der Waals surface area contributed by atoms with Crippen LogP contribution >= 0.6 is 0 Å². The van der Waals surface area contributed by atoms with Crippen molar-refractivity contribution in [2.24, 2.45) is 0 Å². The van der Waals surface area contributed by atoms with Gasteiger partial charge in [0.15, 0.2) is 20.1 Å². The number of nitrogens with two attached hydrogens (primary N) is 1. The third-order valence-corrected chi connectivity index (χ3v) is 4.01. The Morgan fingerprint density at radius 3 is 2.75 bits per heavy atom. The summed E-state index contributed by atoms with van der Waals surface area (Å²) in [6.45, 7) is -6.56. The van der Waals surface area contributed by atoms with E-state index in [1.807, 2.05) is 0 Å². The molecule has 28 heavy (non-hydrogen) atoms. The number of anilines is 2. The van der Waals surface area contributed by atoms with E-state index in [4.69, 9.17) is 30.4 Å². The number of piperazine rings is 1. The van der Waals surface area contributed by atoms with E-state index < -0.39 is 69.3 Å². The fourth-order valence-electron chi connectivity index (χ4n) is 2.63. The van der Waals surface area contributed by atoms with Crippen LogP contribution in [0, 0.1) is 0 Å². The van der Waals surface area contributed by atoms with Crippen LogP contribution in [0.5, 0.6) is 11.5 Å². The average Bonchev–Trinajstić information content (AvgIpc) is 3.29. The quantitative estimate of drug-likeness (QED) is 0.697. The number of methoxy groups -OCH3 is 2. The van der Waals surface area contributed by atoms with Crippen molar-refractivity contribution in [3.63, 3.8) is 0 Å². The van der Waals surface area contributed by atoms with E-state index in [1.165, 1.54) is 18.4 Å². The van der Waals surface area contributed by atoms with E-state index in [0.717, 1.165) is 17.0 Å². The summed E-state index contributed by atoms with van der Waals surface area (Å²) in [5.41, 5.74) is -0.249. The number of nitrogen functional groups attached to an aromatic ring is 1. The highest BCUT2D eigenvalue weighted by molar-refractivity contribution is 5.92. The average molecular weight is 395 g/mol. The lowest BCUT2D eigenvalue weighted by molar-refractivity contribution is 0.0714. The molecular formula is C19H21N5O4. The molecule has 2 aromatic heterocycles. The van der Waals surface area contributed by atoms with Gasteiger partial charge in [0.25, 0.3) is 5.91 Å². The maximum atomic E-state index is 12.8. The molecule has 0 aliphatic carbocycles. The molecule has 4 rings (SSSR count). The number of ether oxygens (including phenoxy) is 2. The van der Waals surface area contributed by atoms with E-state index in [0.29, 0.717) is 4.90 Å². The highest BCUT2D eigenvalue weighted by atomic mass is 16.5. The third kappa shape index (κ3) is 3.15. The van der Waals surface area contributed by atoms with E-state index in [9.17, 15) is 4.79 Å². The summed E-state index contributed by atoms with van der Waals surface area (Å²) in [5, 5.41) is -0.182. The molecule has 1 aromatic carbocycles. The minimum Gasteiger partial charge on any atom is -0.493 e. The molecule has 1 aliphatic heterocycles. The lowest BCUT2D eigenvalue weighted by Crippen LogP contribution is -2.49. The molecular weight excluding hydrogens is 362 g/mol. The molecule has 1 fully saturated rings. The van der Waals surface area contributed by atoms with Gasteiger partial charge in [0.05, 0.1) is 39.6 Å². The number of fused-ring (bicyclic) bond motifs is 1. The first-order chi connectivity index (χ1) is 18.3. The summed E-state index contributed by atoms with van der Waals surface area (Å²) >= 11 is 0. The minimum absolute atomic E-state index is 0.00124. The molecule has 1 saturated heterocycles. The normalized spacial score (nSPS) is 25.0. The Balaban J connectivity index is 1.85. The van der Waals surface area contributed by atoms with Gasteiger partial charge >= 0.3 is 0 Å². The van der Waals surface area contributed by atoms with Gasteiger partial charge in [-0.25, -0.2) is 4.98 Å². The summed E-state index contributed by atoms with van der Waals surface area (Å²) in [4.78, 5) is 22.3. The SMILES string of the molecule is [2H]N([2H])c1nc(N2C([2H])([2H])CN(C(=O)c3ccco3)CC2([2H])[2H])nc2cc(OC([2H])([2H])[2H])c(OC([2H])([2H])[2H])cc12. The van der Waals surface area contributed by atoms with Gasteiger partial charge < -0.3 is 29.4 Å². The van der Waals surface area contributed by atoms with Crippen molar-refractivity contribution in [1.29, 1.82) is 0 Å². The predicted molar refractivity (Wildman–Crippen MR) is 104 cm³/mol. The summed E-state index contributed by atoms with van der Waals surface area (Å²) in [7, 11) is -6.09. The molecule has 2 N–H and O–H groups in total. The molecule has 9 heteroatoms. The van der Waals surface area contributed by atoms with Crippen LogP contribution in [-0.2, 0) is 0 Å². The summed E-state index contributed by atoms with van der Waals surface area (Å²) < 4.78 is 109. The van der Waals surface area contributed by atoms with Crippen LogP contribution in [0.4, 0.5) is 11.8 Å². The zero-order valence-corrected chi connectivity index (χ0v) is 14.2. The van der Waals surface area contributed by atoms with Crippen molar-refractivity contribution in [3.05, 3.63) is 36.3 Å². The maximum Gasteiger partial charge on any atom is 0.289 e. The molecule has 0 saturated carbocycles. The van der Waals surface area contributed by atoms with Crippen molar-refractivity contribution in [2.75, 3.05) is 50.8 Å². The summed E-state index contributed by atoms with van der Waals surface area (Å²) in [6, 6.07) is 4.67. The van der Waals surface area contributed by atoms with Gasteiger partial charge in [-0.05, 0) is 18.2 Å². The van der Waals surface area contributed by atoms with E-state index in [1.54, 1.807) is 0 Å². The van der Waals surface area contributed by atoms with Crippen LogP contribution in [0.2, 0.25) is 2.82 Å². The Kier molecular flexibility index (Phi) is 2.25. The van der Waals surface area contributed by atoms with E-state index in [2.05, 4.69) is 9.97 Å². The number of hydrogen-bond acceptors (Lipinski definition) is 8. The van der Waals surface area contributed by atoms with Crippen molar-refractivity contribution in [3.8, 4) is 11.5 Å². The Hall–Kier alpha value is -3.49. The molecule has 0 spiro atoms. The van der Waals surface area contributed by atoms with Crippen LogP contribution in [0.1, 0.15) is 24.3 Å². The third-order valence-electron chi connectivity index (χ3n) is 4.01. The number of amides is 1. The molecule has 1 amide bonds. The highest BCUT2D eigenvalue weighted by Gasteiger charge is 2.25. The minimum atomic E-state index is -3.05. The fraction of sp³-hybridized carbons (Fsp3) is 0.316. The van der Waals surface area contributed by atoms with Crippen molar-refractivity contribution in [2.45, 2.75) is 0 Å². The molecule has 146 valence electrons. The molecule has 9 nitrogen and oxygen atoms in total. The molecule has 3 heterocycles. The van der Waals surface area contributed by atoms with Crippen LogP contribution in [0.25, 0.3) is 10.9 Å². The largest absolute Gasteiger partial charge is 0.493 e. The zero-order chi connectivity index (χ0) is 29.8. The number of carbonyl (C=O) groups is 1. The second-order valence-electron chi connectivity index (χ2n) is 5.66. The predicted octanol–water partition coefficient (Wildman–Crippen LogP) is 1.78. The van der Waals surface area contributed by atoms with Gasteiger partial charge in [-0.1, -0.05) is 0 Å². The smallest absolute Gasteiger partial charge is 0.289 e. The van der Waals surface area contributed by atoms with Gasteiger partial charge in [0.2, 0.25) is 5.95 Å². The monoisotopic (exact) mass is 395 g/mol. The Bertz CT molecular complexity index is 1390. The standard InChI is InChI=1S/C19H21N5O4/c1-26-15-10-12-13(11-16(15)27-2)21-19(22-17(12)20)24-7-5-23(6-8-24)18(25)14-4-3-9-28-14/h3-4,9-11H,5-8H2,1-2H3,(H2,20,21,22)/i1D3,2D3,7D2,8D2/hD2. The van der Waals surface area contributed by atoms with Gasteiger partial charge in [-0.3, -0.25) is 4.79 Å². The van der Waals surface area contributed by atoms with Gasteiger partial charge in [-0.2, -0.15) is 4.98 Å². The molecule has 3 aromatic rings. The molecule has 0 atom stereocenters. The van der Waals surface area contributed by atoms with Gasteiger partial charge in [0, 0.05) is 37.5 Å². The Morgan fingerprint density at radius 2 is 2.07 bits per heavy atom. The Labute approximate surface area is 178 Å². The van der Waals surface area contributed by atoms with E-state index >= 15 is 0 Å². The van der Waals surface area contributed by atoms with Crippen molar-refractivity contribution >= 4 is 28.6 Å². The molecule has 0 radical (unpaired) electrons. The fourth-order valence-corrected chi connectivity index (χ4v) is 2.63. The number of rotatable bonds is 5. The summed E-state index contributed by atoms with van der Waals surface area (Å²) in [5.74, 6) is -3.25. The first-order valence-electron chi connectivity index (χ1n) is 13.8. The summed E-state index contributed by atoms with van der Waals surface area (Å²) in [6.07, 6.45) is 1.24. The molecule has 0 unspecified atom stereocenters. The molecule has 0 bridgehead atoms. The number of benzene rings is 1. The topological polar surface area (TPSA) is 107 Å². The number of hydrogen-bond donors (Lipinski definition) is 1. The number of nitrogens with zero attached hydrogens (tertiary/aromatic N) is 4. The van der Waals surface area contributed by atoms with E-state index in [-0.39, 0.29) is 22.4 Å². The number of furan rings is 1. The highest BCUT2D eigenvalue weighted by Crippen LogP contribution is 2.34. The van der Waals surface area contributed by atoms with Gasteiger partial charge in [0.1, 0.15) is 5.82 Å². The zero-order valence-electron chi connectivity index (χ0n) is 26.2. The maximum absolute atomic E-state index is 12.8. The van der Waals surface area contributed by atoms with Crippen LogP contribution in [0.15, 0.2) is 34.9 Å². The number of aromatic nitrogens is 2. The second kappa shape index (κ2) is 7.26. The lowest BCUT2D eigenvalue weighted by Gasteiger charge is -2.34. The molecule has 1 aliphatic rings.